The molecule has 124 valence electrons. The van der Waals surface area contributed by atoms with Gasteiger partial charge in [-0.05, 0) is 31.0 Å². The van der Waals surface area contributed by atoms with Crippen molar-refractivity contribution in [2.45, 2.75) is 20.8 Å². The fourth-order valence-corrected chi connectivity index (χ4v) is 2.78. The number of hydrogen-bond acceptors (Lipinski definition) is 5. The Balaban J connectivity index is 3.02. The molecule has 7 heteroatoms. The highest BCUT2D eigenvalue weighted by Gasteiger charge is 2.26. The highest BCUT2D eigenvalue weighted by Crippen LogP contribution is 2.42. The molecule has 0 bridgehead atoms. The smallest absolute Gasteiger partial charge is 0.335 e. The van der Waals surface area contributed by atoms with E-state index in [1.54, 1.807) is 19.1 Å². The van der Waals surface area contributed by atoms with Crippen LogP contribution in [0.3, 0.4) is 0 Å². The third-order valence-electron chi connectivity index (χ3n) is 2.73. The summed E-state index contributed by atoms with van der Waals surface area (Å²) in [7, 11) is -2.46. The van der Waals surface area contributed by atoms with E-state index in [2.05, 4.69) is 0 Å². The van der Waals surface area contributed by atoms with Gasteiger partial charge >= 0.3 is 7.60 Å². The maximum atomic E-state index is 12.3. The van der Waals surface area contributed by atoms with Gasteiger partial charge in [0.15, 0.2) is 5.78 Å². The van der Waals surface area contributed by atoms with Crippen molar-refractivity contribution in [3.05, 3.63) is 23.8 Å². The van der Waals surface area contributed by atoms with Crippen LogP contribution in [0.2, 0.25) is 0 Å². The van der Waals surface area contributed by atoms with Gasteiger partial charge in [-0.3, -0.25) is 9.36 Å². The molecule has 1 N–H and O–H groups in total. The zero-order valence-electron chi connectivity index (χ0n) is 13.4. The number of benzene rings is 1. The SMILES string of the molecule is CCOP(=O)(O)CC(=O)c1cc(OC)ccc1OCC(C)C. The molecule has 6 nitrogen and oxygen atoms in total. The van der Waals surface area contributed by atoms with Gasteiger partial charge in [-0.2, -0.15) is 0 Å². The molecule has 0 aromatic heterocycles. The molecule has 1 aromatic carbocycles. The zero-order valence-corrected chi connectivity index (χ0v) is 14.3. The number of Topliss-reactive ketones (excluding diaryl/α,β-unsaturated/α-hetero) is 1. The van der Waals surface area contributed by atoms with Crippen molar-refractivity contribution in [2.75, 3.05) is 26.5 Å². The number of carbonyl (C=O) groups excluding carboxylic acids is 1. The summed E-state index contributed by atoms with van der Waals surface area (Å²) in [6.45, 7) is 6.07. The van der Waals surface area contributed by atoms with Crippen LogP contribution in [0.4, 0.5) is 0 Å². The van der Waals surface area contributed by atoms with Crippen molar-refractivity contribution >= 4 is 13.4 Å². The van der Waals surface area contributed by atoms with E-state index >= 15 is 0 Å². The number of methoxy groups -OCH3 is 1. The third kappa shape index (κ3) is 5.79. The van der Waals surface area contributed by atoms with Crippen LogP contribution in [0, 0.1) is 5.92 Å². The lowest BCUT2D eigenvalue weighted by Gasteiger charge is -2.15. The Kier molecular flexibility index (Phi) is 7.07. The average molecular weight is 330 g/mol. The van der Waals surface area contributed by atoms with Crippen molar-refractivity contribution in [3.8, 4) is 11.5 Å². The minimum Gasteiger partial charge on any atom is -0.497 e. The number of hydrogen-bond donors (Lipinski definition) is 1. The predicted molar refractivity (Wildman–Crippen MR) is 84.0 cm³/mol. The number of carbonyl (C=O) groups is 1. The van der Waals surface area contributed by atoms with Crippen molar-refractivity contribution in [3.63, 3.8) is 0 Å². The van der Waals surface area contributed by atoms with E-state index in [1.807, 2.05) is 13.8 Å². The molecular weight excluding hydrogens is 307 g/mol. The van der Waals surface area contributed by atoms with Crippen molar-refractivity contribution < 1.29 is 28.3 Å². The summed E-state index contributed by atoms with van der Waals surface area (Å²) in [6, 6.07) is 4.80. The number of ether oxygens (including phenoxy) is 2. The minimum absolute atomic E-state index is 0.0654. The Morgan fingerprint density at radius 3 is 2.59 bits per heavy atom. The number of ketones is 1. The second-order valence-electron chi connectivity index (χ2n) is 5.20. The summed E-state index contributed by atoms with van der Waals surface area (Å²) in [5.41, 5.74) is 0.217. The molecule has 1 aromatic rings. The Morgan fingerprint density at radius 1 is 1.36 bits per heavy atom. The zero-order chi connectivity index (χ0) is 16.8. The molecule has 22 heavy (non-hydrogen) atoms. The maximum absolute atomic E-state index is 12.3. The molecule has 1 atom stereocenters. The van der Waals surface area contributed by atoms with Crippen LogP contribution in [-0.2, 0) is 9.09 Å². The van der Waals surface area contributed by atoms with Crippen LogP contribution in [-0.4, -0.2) is 37.2 Å². The molecule has 0 aliphatic carbocycles. The van der Waals surface area contributed by atoms with Crippen LogP contribution in [0.25, 0.3) is 0 Å². The monoisotopic (exact) mass is 330 g/mol. The molecule has 1 unspecified atom stereocenters. The lowest BCUT2D eigenvalue weighted by molar-refractivity contribution is 0.100. The number of rotatable bonds is 9. The topological polar surface area (TPSA) is 82.1 Å². The molecular formula is C15H23O6P. The lowest BCUT2D eigenvalue weighted by Crippen LogP contribution is -2.12. The second kappa shape index (κ2) is 8.32. The van der Waals surface area contributed by atoms with Crippen LogP contribution in [0.15, 0.2) is 18.2 Å². The summed E-state index contributed by atoms with van der Waals surface area (Å²) in [4.78, 5) is 21.9. The summed E-state index contributed by atoms with van der Waals surface area (Å²) < 4.78 is 27.2. The molecule has 1 rings (SSSR count). The first-order valence-corrected chi connectivity index (χ1v) is 8.85. The molecule has 0 saturated heterocycles. The molecule has 0 spiro atoms. The van der Waals surface area contributed by atoms with Gasteiger partial charge in [-0.1, -0.05) is 13.8 Å². The van der Waals surface area contributed by atoms with Gasteiger partial charge < -0.3 is 18.9 Å². The summed E-state index contributed by atoms with van der Waals surface area (Å²) in [5.74, 6) is 0.620. The van der Waals surface area contributed by atoms with Gasteiger partial charge in [0.2, 0.25) is 0 Å². The van der Waals surface area contributed by atoms with Crippen molar-refractivity contribution in [2.24, 2.45) is 5.92 Å². The van der Waals surface area contributed by atoms with Crippen molar-refractivity contribution in [1.29, 1.82) is 0 Å². The van der Waals surface area contributed by atoms with Crippen LogP contribution in [0.5, 0.6) is 11.5 Å². The van der Waals surface area contributed by atoms with E-state index < -0.39 is 19.5 Å². The molecule has 0 heterocycles. The van der Waals surface area contributed by atoms with Gasteiger partial charge in [0, 0.05) is 0 Å². The Morgan fingerprint density at radius 2 is 2.05 bits per heavy atom. The fourth-order valence-electron chi connectivity index (χ4n) is 1.75. The maximum Gasteiger partial charge on any atom is 0.335 e. The Bertz CT molecular complexity index is 555. The first-order valence-electron chi connectivity index (χ1n) is 7.09. The standard InChI is InChI=1S/C15H23O6P/c1-5-21-22(17,18)10-14(16)13-8-12(19-4)6-7-15(13)20-9-11(2)3/h6-8,11H,5,9-10H2,1-4H3,(H,17,18). The van der Waals surface area contributed by atoms with E-state index in [0.717, 1.165) is 0 Å². The van der Waals surface area contributed by atoms with E-state index in [-0.39, 0.29) is 18.1 Å². The van der Waals surface area contributed by atoms with Crippen LogP contribution >= 0.6 is 7.60 Å². The third-order valence-corrected chi connectivity index (χ3v) is 4.08. The average Bonchev–Trinajstić information content (AvgIpc) is 2.44. The second-order valence-corrected chi connectivity index (χ2v) is 7.05. The highest BCUT2D eigenvalue weighted by molar-refractivity contribution is 7.53. The van der Waals surface area contributed by atoms with E-state index in [9.17, 15) is 14.3 Å². The predicted octanol–water partition coefficient (Wildman–Crippen LogP) is 3.13. The van der Waals surface area contributed by atoms with E-state index in [0.29, 0.717) is 18.1 Å². The molecule has 0 aliphatic heterocycles. The van der Waals surface area contributed by atoms with Crippen LogP contribution in [0.1, 0.15) is 31.1 Å². The highest BCUT2D eigenvalue weighted by atomic mass is 31.2. The van der Waals surface area contributed by atoms with Gasteiger partial charge in [-0.25, -0.2) is 0 Å². The first-order chi connectivity index (χ1) is 10.3. The Labute approximate surface area is 130 Å². The summed E-state index contributed by atoms with van der Waals surface area (Å²) >= 11 is 0. The fraction of sp³-hybridized carbons (Fsp3) is 0.533. The van der Waals surface area contributed by atoms with Gasteiger partial charge in [0.05, 0.1) is 25.9 Å². The molecule has 0 radical (unpaired) electrons. The Hall–Kier alpha value is -1.36. The minimum atomic E-state index is -3.94. The van der Waals surface area contributed by atoms with E-state index in [1.165, 1.54) is 13.2 Å². The summed E-state index contributed by atoms with van der Waals surface area (Å²) in [6.07, 6.45) is -0.591. The van der Waals surface area contributed by atoms with Gasteiger partial charge in [-0.15, -0.1) is 0 Å². The molecule has 0 aliphatic rings. The molecule has 0 saturated carbocycles. The normalized spacial score (nSPS) is 13.7. The van der Waals surface area contributed by atoms with E-state index in [4.69, 9.17) is 14.0 Å². The molecule has 0 amide bonds. The quantitative estimate of drug-likeness (QED) is 0.553. The van der Waals surface area contributed by atoms with Crippen molar-refractivity contribution in [1.82, 2.24) is 0 Å². The summed E-state index contributed by atoms with van der Waals surface area (Å²) in [5, 5.41) is 0. The lowest BCUT2D eigenvalue weighted by atomic mass is 10.1. The molecule has 0 fully saturated rings. The van der Waals surface area contributed by atoms with Crippen LogP contribution < -0.4 is 9.47 Å². The van der Waals surface area contributed by atoms with Gasteiger partial charge in [0.25, 0.3) is 0 Å². The first kappa shape index (κ1) is 18.7. The largest absolute Gasteiger partial charge is 0.497 e. The van der Waals surface area contributed by atoms with Gasteiger partial charge in [0.1, 0.15) is 17.7 Å².